The lowest BCUT2D eigenvalue weighted by molar-refractivity contribution is 0.0485. The number of hydrogen-bond donors (Lipinski definition) is 1. The summed E-state index contributed by atoms with van der Waals surface area (Å²) in [5.74, 6) is 3.06. The molecule has 6 heterocycles. The molecule has 0 saturated carbocycles. The Bertz CT molecular complexity index is 1960. The number of anilines is 1. The fraction of sp³-hybridized carbons (Fsp3) is 0.378. The minimum atomic E-state index is -0.509. The maximum atomic E-state index is 15.7. The highest BCUT2D eigenvalue weighted by atomic mass is 19.1. The Balaban J connectivity index is 1.25. The van der Waals surface area contributed by atoms with Gasteiger partial charge in [-0.2, -0.15) is 9.97 Å². The second-order valence-corrected chi connectivity index (χ2v) is 13.3. The predicted molar refractivity (Wildman–Crippen MR) is 180 cm³/mol. The molecule has 10 heteroatoms. The van der Waals surface area contributed by atoms with Gasteiger partial charge in [0.05, 0.1) is 22.1 Å². The highest BCUT2D eigenvalue weighted by Gasteiger charge is 2.48. The Kier molecular flexibility index (Phi) is 7.36. The molecule has 4 aromatic rings. The molecule has 47 heavy (non-hydrogen) atoms. The van der Waals surface area contributed by atoms with E-state index in [0.29, 0.717) is 57.8 Å². The maximum Gasteiger partial charge on any atom is 0.319 e. The molecular formula is C37H37FN6O3. The van der Waals surface area contributed by atoms with Crippen LogP contribution in [0.25, 0.3) is 32.9 Å². The van der Waals surface area contributed by atoms with E-state index < -0.39 is 5.82 Å². The van der Waals surface area contributed by atoms with Crippen molar-refractivity contribution in [2.45, 2.75) is 43.3 Å². The Hall–Kier alpha value is -4.56. The van der Waals surface area contributed by atoms with E-state index >= 15 is 4.39 Å². The number of ether oxygens (including phenoxy) is 3. The Morgan fingerprint density at radius 3 is 2.55 bits per heavy atom. The number of halogens is 1. The van der Waals surface area contributed by atoms with Crippen LogP contribution in [0, 0.1) is 18.2 Å². The molecule has 2 unspecified atom stereocenters. The average molecular weight is 633 g/mol. The summed E-state index contributed by atoms with van der Waals surface area (Å²) >= 11 is 0. The number of nitrogens with zero attached hydrogens (tertiary/aromatic N) is 5. The molecule has 1 N–H and O–H groups in total. The first-order valence-electron chi connectivity index (χ1n) is 16.1. The second-order valence-electron chi connectivity index (χ2n) is 13.3. The van der Waals surface area contributed by atoms with Gasteiger partial charge in [0.1, 0.15) is 12.4 Å². The molecule has 4 aliphatic rings. The predicted octanol–water partition coefficient (Wildman–Crippen LogP) is 5.23. The highest BCUT2D eigenvalue weighted by molar-refractivity contribution is 6.03. The lowest BCUT2D eigenvalue weighted by Gasteiger charge is -2.34. The molecule has 8 rings (SSSR count). The summed E-state index contributed by atoms with van der Waals surface area (Å²) in [5, 5.41) is 5.45. The lowest BCUT2D eigenvalue weighted by atomic mass is 9.92. The summed E-state index contributed by atoms with van der Waals surface area (Å²) in [6.07, 6.45) is 11.7. The van der Waals surface area contributed by atoms with Gasteiger partial charge in [0.25, 0.3) is 0 Å². The van der Waals surface area contributed by atoms with Gasteiger partial charge in [0.15, 0.2) is 18.4 Å². The summed E-state index contributed by atoms with van der Waals surface area (Å²) in [5.41, 5.74) is 4.68. The topological polar surface area (TPSA) is 84.9 Å². The summed E-state index contributed by atoms with van der Waals surface area (Å²) in [6.45, 7) is 12.3. The van der Waals surface area contributed by atoms with Crippen LogP contribution in [0.3, 0.4) is 0 Å². The molecule has 2 bridgehead atoms. The van der Waals surface area contributed by atoms with E-state index in [1.165, 1.54) is 18.3 Å². The first-order valence-corrected chi connectivity index (χ1v) is 16.1. The molecule has 0 amide bonds. The van der Waals surface area contributed by atoms with Crippen LogP contribution in [0.5, 0.6) is 11.8 Å². The standard InChI is InChI=1S/C37H37FN6O3/c1-5-24-7-6-8-27-33(24)28(11-32(34(27)38)47-21-45-4)30-12-31-29(15-39-30)35(43-18-25-9-10-26(19-43)40-25)42-36(41-31)46-20-37-13-22(2)16-44(37)17-23(3)14-37/h1,6-8,11-12,15,25-26,40H,2-3,9-10,13-14,16-21H2,4H3. The highest BCUT2D eigenvalue weighted by Crippen LogP contribution is 2.43. The van der Waals surface area contributed by atoms with Gasteiger partial charge in [-0.05, 0) is 43.9 Å². The van der Waals surface area contributed by atoms with Crippen molar-refractivity contribution in [2.75, 3.05) is 51.6 Å². The smallest absolute Gasteiger partial charge is 0.319 e. The Labute approximate surface area is 273 Å². The van der Waals surface area contributed by atoms with Crippen LogP contribution in [0.2, 0.25) is 0 Å². The van der Waals surface area contributed by atoms with E-state index in [-0.39, 0.29) is 18.1 Å². The molecule has 0 spiro atoms. The number of piperazine rings is 1. The van der Waals surface area contributed by atoms with Crippen LogP contribution in [-0.2, 0) is 4.74 Å². The zero-order valence-corrected chi connectivity index (χ0v) is 26.5. The molecule has 0 radical (unpaired) electrons. The van der Waals surface area contributed by atoms with Gasteiger partial charge in [0, 0.05) is 73.5 Å². The number of nitrogens with one attached hydrogen (secondary N) is 1. The number of fused-ring (bicyclic) bond motifs is 5. The van der Waals surface area contributed by atoms with Crippen molar-refractivity contribution < 1.29 is 18.6 Å². The van der Waals surface area contributed by atoms with Crippen molar-refractivity contribution in [1.29, 1.82) is 0 Å². The zero-order chi connectivity index (χ0) is 32.3. The lowest BCUT2D eigenvalue weighted by Crippen LogP contribution is -2.51. The molecule has 4 fully saturated rings. The van der Waals surface area contributed by atoms with Gasteiger partial charge in [-0.15, -0.1) is 6.42 Å². The number of benzene rings is 2. The van der Waals surface area contributed by atoms with Crippen LogP contribution in [0.4, 0.5) is 10.2 Å². The van der Waals surface area contributed by atoms with E-state index in [9.17, 15) is 0 Å². The van der Waals surface area contributed by atoms with Crippen LogP contribution < -0.4 is 19.7 Å². The number of hydrogen-bond acceptors (Lipinski definition) is 9. The minimum Gasteiger partial charge on any atom is -0.464 e. The first kappa shape index (κ1) is 29.8. The fourth-order valence-electron chi connectivity index (χ4n) is 8.04. The van der Waals surface area contributed by atoms with E-state index in [2.05, 4.69) is 34.2 Å². The van der Waals surface area contributed by atoms with Crippen molar-refractivity contribution >= 4 is 27.5 Å². The third-order valence-corrected chi connectivity index (χ3v) is 10.0. The van der Waals surface area contributed by atoms with Crippen molar-refractivity contribution in [3.05, 3.63) is 72.2 Å². The SMILES string of the molecule is C#Cc1cccc2c(F)c(OCOC)cc(-c3cc4nc(OCC56CC(=C)CN5CC(=C)C6)nc(N5CC6CCC(C5)N6)c4cn3)c12. The maximum absolute atomic E-state index is 15.7. The third-order valence-electron chi connectivity index (χ3n) is 10.0. The van der Waals surface area contributed by atoms with E-state index in [4.69, 9.17) is 35.6 Å². The Morgan fingerprint density at radius 1 is 1.06 bits per heavy atom. The molecule has 2 atom stereocenters. The zero-order valence-electron chi connectivity index (χ0n) is 26.5. The third kappa shape index (κ3) is 5.19. The quantitative estimate of drug-likeness (QED) is 0.160. The molecule has 2 aromatic carbocycles. The summed E-state index contributed by atoms with van der Waals surface area (Å²) in [6, 6.07) is 9.91. The Morgan fingerprint density at radius 2 is 1.83 bits per heavy atom. The fourth-order valence-corrected chi connectivity index (χ4v) is 8.04. The molecule has 240 valence electrons. The van der Waals surface area contributed by atoms with Crippen molar-refractivity contribution in [3.63, 3.8) is 0 Å². The number of rotatable bonds is 8. The molecule has 9 nitrogen and oxygen atoms in total. The van der Waals surface area contributed by atoms with E-state index in [1.807, 2.05) is 6.07 Å². The van der Waals surface area contributed by atoms with Crippen LogP contribution in [0.15, 0.2) is 60.8 Å². The van der Waals surface area contributed by atoms with Crippen molar-refractivity contribution in [2.24, 2.45) is 0 Å². The molecule has 4 saturated heterocycles. The largest absolute Gasteiger partial charge is 0.464 e. The summed E-state index contributed by atoms with van der Waals surface area (Å²) in [4.78, 5) is 19.6. The van der Waals surface area contributed by atoms with Crippen LogP contribution >= 0.6 is 0 Å². The van der Waals surface area contributed by atoms with Crippen molar-refractivity contribution in [3.8, 4) is 35.4 Å². The first-order chi connectivity index (χ1) is 22.8. The second kappa shape index (κ2) is 11.6. The number of terminal acetylenes is 1. The van der Waals surface area contributed by atoms with Crippen LogP contribution in [-0.4, -0.2) is 84.2 Å². The normalized spacial score (nSPS) is 21.9. The molecular weight excluding hydrogens is 595 g/mol. The summed E-state index contributed by atoms with van der Waals surface area (Å²) < 4.78 is 32.9. The van der Waals surface area contributed by atoms with E-state index in [1.54, 1.807) is 30.5 Å². The molecule has 2 aromatic heterocycles. The number of methoxy groups -OCH3 is 1. The van der Waals surface area contributed by atoms with Crippen molar-refractivity contribution in [1.82, 2.24) is 25.2 Å². The van der Waals surface area contributed by atoms with Gasteiger partial charge >= 0.3 is 6.01 Å². The van der Waals surface area contributed by atoms with Gasteiger partial charge < -0.3 is 24.4 Å². The minimum absolute atomic E-state index is 0.0502. The monoisotopic (exact) mass is 632 g/mol. The average Bonchev–Trinajstić information content (AvgIpc) is 3.68. The van der Waals surface area contributed by atoms with Crippen LogP contribution in [0.1, 0.15) is 31.2 Å². The van der Waals surface area contributed by atoms with Gasteiger partial charge in [-0.1, -0.05) is 42.4 Å². The molecule has 0 aliphatic carbocycles. The number of pyridine rings is 1. The molecule has 4 aliphatic heterocycles. The summed E-state index contributed by atoms with van der Waals surface area (Å²) in [7, 11) is 1.49. The van der Waals surface area contributed by atoms with Gasteiger partial charge in [0.2, 0.25) is 0 Å². The van der Waals surface area contributed by atoms with Gasteiger partial charge in [-0.3, -0.25) is 9.88 Å². The number of aromatic nitrogens is 3. The van der Waals surface area contributed by atoms with E-state index in [0.717, 1.165) is 63.1 Å². The van der Waals surface area contributed by atoms with Gasteiger partial charge in [-0.25, -0.2) is 4.39 Å².